The van der Waals surface area contributed by atoms with Gasteiger partial charge < -0.3 is 15.5 Å². The van der Waals surface area contributed by atoms with E-state index < -0.39 is 0 Å². The highest BCUT2D eigenvalue weighted by atomic mass is 32.2. The van der Waals surface area contributed by atoms with Gasteiger partial charge in [-0.1, -0.05) is 25.1 Å². The molecule has 2 atom stereocenters. The Morgan fingerprint density at radius 1 is 1.36 bits per heavy atom. The number of fused-ring (bicyclic) bond motifs is 3. The van der Waals surface area contributed by atoms with E-state index in [1.165, 1.54) is 11.3 Å². The Balaban J connectivity index is 2.05. The Bertz CT molecular complexity index is 610. The van der Waals surface area contributed by atoms with Crippen molar-refractivity contribution in [2.45, 2.75) is 32.4 Å². The predicted octanol–water partition coefficient (Wildman–Crippen LogP) is 3.18. The lowest BCUT2D eigenvalue weighted by Gasteiger charge is -2.40. The molecule has 22 heavy (non-hydrogen) atoms. The van der Waals surface area contributed by atoms with Crippen LogP contribution in [-0.4, -0.2) is 35.8 Å². The third-order valence-corrected chi connectivity index (χ3v) is 5.12. The molecular weight excluding hydrogens is 292 g/mol. The molecule has 2 N–H and O–H groups in total. The summed E-state index contributed by atoms with van der Waals surface area (Å²) < 4.78 is 0. The molecule has 0 saturated carbocycles. The second-order valence-electron chi connectivity index (χ2n) is 5.83. The Labute approximate surface area is 137 Å². The molecule has 0 spiro atoms. The number of hydrogen-bond donors (Lipinski definition) is 1. The van der Waals surface area contributed by atoms with Gasteiger partial charge in [-0.25, -0.2) is 4.99 Å². The van der Waals surface area contributed by atoms with E-state index in [-0.39, 0.29) is 6.04 Å². The minimum atomic E-state index is 0.170. The fourth-order valence-electron chi connectivity index (χ4n) is 3.20. The minimum absolute atomic E-state index is 0.170. The summed E-state index contributed by atoms with van der Waals surface area (Å²) in [5, 5.41) is 0. The average Bonchev–Trinajstić information content (AvgIpc) is 2.97. The molecular formula is C17H24N4S. The van der Waals surface area contributed by atoms with Crippen molar-refractivity contribution in [1.82, 2.24) is 4.90 Å². The first-order valence-electron chi connectivity index (χ1n) is 7.85. The molecule has 4 nitrogen and oxygen atoms in total. The van der Waals surface area contributed by atoms with Crippen molar-refractivity contribution in [3.8, 4) is 0 Å². The van der Waals surface area contributed by atoms with Crippen molar-refractivity contribution in [1.29, 1.82) is 0 Å². The predicted molar refractivity (Wildman–Crippen MR) is 96.2 cm³/mol. The van der Waals surface area contributed by atoms with E-state index in [4.69, 9.17) is 5.73 Å². The van der Waals surface area contributed by atoms with Gasteiger partial charge in [0.05, 0.1) is 6.34 Å². The van der Waals surface area contributed by atoms with Crippen LogP contribution in [0.4, 0.5) is 5.69 Å². The fraction of sp³-hybridized carbons (Fsp3) is 0.471. The lowest BCUT2D eigenvalue weighted by molar-refractivity contribution is 0.395. The molecule has 0 amide bonds. The summed E-state index contributed by atoms with van der Waals surface area (Å²) in [5.74, 6) is 1.90. The number of nitrogens with two attached hydrogens (primary N) is 1. The van der Waals surface area contributed by atoms with Gasteiger partial charge in [0.1, 0.15) is 17.6 Å². The van der Waals surface area contributed by atoms with Crippen molar-refractivity contribution in [3.63, 3.8) is 0 Å². The fourth-order valence-corrected chi connectivity index (χ4v) is 3.59. The van der Waals surface area contributed by atoms with Crippen LogP contribution in [0.25, 0.3) is 0 Å². The van der Waals surface area contributed by atoms with Crippen LogP contribution in [0.5, 0.6) is 0 Å². The third kappa shape index (κ3) is 2.37. The Kier molecular flexibility index (Phi) is 4.34. The quantitative estimate of drug-likeness (QED) is 0.906. The van der Waals surface area contributed by atoms with Gasteiger partial charge in [-0.3, -0.25) is 0 Å². The van der Waals surface area contributed by atoms with Gasteiger partial charge in [0.15, 0.2) is 0 Å². The van der Waals surface area contributed by atoms with Gasteiger partial charge >= 0.3 is 0 Å². The van der Waals surface area contributed by atoms with Crippen LogP contribution >= 0.6 is 11.8 Å². The van der Waals surface area contributed by atoms with E-state index in [2.05, 4.69) is 59.2 Å². The maximum Gasteiger partial charge on any atom is 0.128 e. The zero-order chi connectivity index (χ0) is 15.7. The highest BCUT2D eigenvalue weighted by molar-refractivity contribution is 7.98. The number of nitrogens with zero attached hydrogens (tertiary/aromatic N) is 3. The monoisotopic (exact) mass is 316 g/mol. The first-order chi connectivity index (χ1) is 10.7. The zero-order valence-corrected chi connectivity index (χ0v) is 14.3. The molecule has 0 aromatic heterocycles. The Hall–Kier alpha value is -1.62. The van der Waals surface area contributed by atoms with Gasteiger partial charge in [0.25, 0.3) is 0 Å². The second-order valence-corrected chi connectivity index (χ2v) is 6.82. The lowest BCUT2D eigenvalue weighted by Crippen LogP contribution is -2.42. The van der Waals surface area contributed by atoms with Gasteiger partial charge in [-0.05, 0) is 25.7 Å². The van der Waals surface area contributed by atoms with Crippen molar-refractivity contribution in [2.24, 2.45) is 10.7 Å². The number of rotatable bonds is 5. The number of aliphatic imine (C=N–C) groups is 1. The number of hydrogen-bond acceptors (Lipinski definition) is 5. The maximum atomic E-state index is 6.51. The van der Waals surface area contributed by atoms with Gasteiger partial charge in [-0.15, -0.1) is 0 Å². The van der Waals surface area contributed by atoms with Gasteiger partial charge in [0, 0.05) is 29.6 Å². The molecule has 118 valence electrons. The van der Waals surface area contributed by atoms with Crippen LogP contribution in [0.1, 0.15) is 31.9 Å². The molecule has 2 unspecified atom stereocenters. The van der Waals surface area contributed by atoms with Crippen LogP contribution in [-0.2, 0) is 0 Å². The first kappa shape index (κ1) is 15.3. The van der Waals surface area contributed by atoms with Crippen LogP contribution in [0, 0.1) is 0 Å². The molecule has 0 aliphatic carbocycles. The van der Waals surface area contributed by atoms with Crippen molar-refractivity contribution in [2.75, 3.05) is 23.5 Å². The summed E-state index contributed by atoms with van der Waals surface area (Å²) >= 11 is 1.86. The summed E-state index contributed by atoms with van der Waals surface area (Å²) in [7, 11) is 0. The average molecular weight is 316 g/mol. The van der Waals surface area contributed by atoms with Crippen molar-refractivity contribution < 1.29 is 0 Å². The van der Waals surface area contributed by atoms with Crippen molar-refractivity contribution >= 4 is 23.8 Å². The minimum Gasteiger partial charge on any atom is -0.383 e. The van der Waals surface area contributed by atoms with E-state index in [9.17, 15) is 0 Å². The van der Waals surface area contributed by atoms with E-state index in [1.807, 2.05) is 18.1 Å². The molecule has 2 heterocycles. The normalized spacial score (nSPS) is 21.1. The van der Waals surface area contributed by atoms with Crippen LogP contribution < -0.4 is 10.6 Å². The largest absolute Gasteiger partial charge is 0.383 e. The molecule has 2 aliphatic rings. The first-order valence-corrected chi connectivity index (χ1v) is 9.25. The van der Waals surface area contributed by atoms with E-state index in [1.54, 1.807) is 0 Å². The van der Waals surface area contributed by atoms with Gasteiger partial charge in [-0.2, -0.15) is 11.8 Å². The molecule has 0 fully saturated rings. The second kappa shape index (κ2) is 6.24. The van der Waals surface area contributed by atoms with E-state index >= 15 is 0 Å². The van der Waals surface area contributed by atoms with Crippen LogP contribution in [0.2, 0.25) is 0 Å². The lowest BCUT2D eigenvalue weighted by atomic mass is 9.95. The summed E-state index contributed by atoms with van der Waals surface area (Å²) in [6, 6.07) is 9.12. The molecule has 1 aromatic rings. The molecule has 3 rings (SSSR count). The molecule has 0 bridgehead atoms. The number of para-hydroxylation sites is 1. The van der Waals surface area contributed by atoms with Crippen LogP contribution in [0.15, 0.2) is 40.8 Å². The summed E-state index contributed by atoms with van der Waals surface area (Å²) in [5.41, 5.74) is 10.0. The van der Waals surface area contributed by atoms with Crippen LogP contribution in [0.3, 0.4) is 0 Å². The Morgan fingerprint density at radius 3 is 2.86 bits per heavy atom. The standard InChI is InChI=1S/C17H24N4S/c1-4-12(2)21-14-8-6-5-7-13(14)16-15(17(21)18)19-11-20(16)9-10-22-3/h5-8,11-12,16H,4,9-10,18H2,1-3H3. The van der Waals surface area contributed by atoms with E-state index in [0.717, 1.165) is 30.2 Å². The highest BCUT2D eigenvalue weighted by Gasteiger charge is 2.38. The summed E-state index contributed by atoms with van der Waals surface area (Å²) in [6.07, 6.45) is 5.14. The molecule has 1 aromatic carbocycles. The maximum absolute atomic E-state index is 6.51. The molecule has 0 radical (unpaired) electrons. The topological polar surface area (TPSA) is 44.9 Å². The van der Waals surface area contributed by atoms with E-state index in [0.29, 0.717) is 6.04 Å². The van der Waals surface area contributed by atoms with Crippen molar-refractivity contribution in [3.05, 3.63) is 41.3 Å². The summed E-state index contributed by atoms with van der Waals surface area (Å²) in [4.78, 5) is 9.20. The molecule has 0 saturated heterocycles. The molecule has 2 aliphatic heterocycles. The van der Waals surface area contributed by atoms with Gasteiger partial charge in [0.2, 0.25) is 0 Å². The Morgan fingerprint density at radius 2 is 2.14 bits per heavy atom. The summed E-state index contributed by atoms with van der Waals surface area (Å²) in [6.45, 7) is 5.40. The third-order valence-electron chi connectivity index (χ3n) is 4.53. The highest BCUT2D eigenvalue weighted by Crippen LogP contribution is 2.44. The smallest absolute Gasteiger partial charge is 0.128 e. The zero-order valence-electron chi connectivity index (χ0n) is 13.5. The number of benzene rings is 1. The number of thioether (sulfide) groups is 1. The molecule has 5 heteroatoms. The number of anilines is 1. The SMILES string of the molecule is CCC(C)N1C(N)=C2N=CN(CCSC)C2c2ccccc21.